The van der Waals surface area contributed by atoms with E-state index >= 15 is 0 Å². The summed E-state index contributed by atoms with van der Waals surface area (Å²) in [7, 11) is 0. The number of carbonyl (C=O) groups is 1. The first kappa shape index (κ1) is 19.0. The molecule has 3 rings (SSSR count). The third-order valence-electron chi connectivity index (χ3n) is 4.38. The summed E-state index contributed by atoms with van der Waals surface area (Å²) in [5, 5.41) is 1.04. The Balaban J connectivity index is 0.00000208. The fourth-order valence-corrected chi connectivity index (χ4v) is 4.10. The number of amides is 1. The molecule has 1 saturated heterocycles. The number of fused-ring (bicyclic) bond motifs is 1. The van der Waals surface area contributed by atoms with Crippen LogP contribution in [0.2, 0.25) is 0 Å². The molecule has 1 amide bonds. The molecular formula is C17H25ClN4OS. The van der Waals surface area contributed by atoms with Crippen LogP contribution in [-0.2, 0) is 4.79 Å². The standard InChI is InChI=1S/C17H24N4OS.ClH/c1-3-8-17(2,18)15(22)20-9-11-21(12-10-20)16-19-13-6-4-5-7-14(13)23-16;/h4-7H,3,8-12,18H2,1-2H3;1H. The van der Waals surface area contributed by atoms with Crippen LogP contribution >= 0.6 is 23.7 Å². The van der Waals surface area contributed by atoms with E-state index in [4.69, 9.17) is 10.7 Å². The first-order valence-electron chi connectivity index (χ1n) is 8.20. The highest BCUT2D eigenvalue weighted by Crippen LogP contribution is 2.29. The average Bonchev–Trinajstić information content (AvgIpc) is 2.98. The maximum absolute atomic E-state index is 12.6. The number of hydrogen-bond acceptors (Lipinski definition) is 5. The minimum atomic E-state index is -0.743. The van der Waals surface area contributed by atoms with Gasteiger partial charge < -0.3 is 15.5 Å². The van der Waals surface area contributed by atoms with Gasteiger partial charge in [-0.15, -0.1) is 12.4 Å². The number of nitrogens with zero attached hydrogens (tertiary/aromatic N) is 3. The first-order chi connectivity index (χ1) is 11.0. The third-order valence-corrected chi connectivity index (χ3v) is 5.48. The summed E-state index contributed by atoms with van der Waals surface area (Å²) < 4.78 is 1.21. The molecule has 1 atom stereocenters. The van der Waals surface area contributed by atoms with Gasteiger partial charge in [0.05, 0.1) is 15.8 Å². The van der Waals surface area contributed by atoms with Crippen LogP contribution in [0, 0.1) is 0 Å². The predicted molar refractivity (Wildman–Crippen MR) is 103 cm³/mol. The van der Waals surface area contributed by atoms with Crippen LogP contribution in [0.4, 0.5) is 5.13 Å². The van der Waals surface area contributed by atoms with Gasteiger partial charge in [-0.05, 0) is 25.5 Å². The minimum absolute atomic E-state index is 0. The van der Waals surface area contributed by atoms with Crippen molar-refractivity contribution < 1.29 is 4.79 Å². The summed E-state index contributed by atoms with van der Waals surface area (Å²) in [6.45, 7) is 6.96. The van der Waals surface area contributed by atoms with Crippen molar-refractivity contribution >= 4 is 45.0 Å². The predicted octanol–water partition coefficient (Wildman–Crippen LogP) is 2.88. The van der Waals surface area contributed by atoms with Gasteiger partial charge in [-0.25, -0.2) is 4.98 Å². The topological polar surface area (TPSA) is 62.5 Å². The number of aromatic nitrogens is 1. The summed E-state index contributed by atoms with van der Waals surface area (Å²) in [6, 6.07) is 8.19. The summed E-state index contributed by atoms with van der Waals surface area (Å²) in [5.74, 6) is 0.0725. The average molecular weight is 369 g/mol. The Labute approximate surface area is 153 Å². The fraction of sp³-hybridized carbons (Fsp3) is 0.529. The van der Waals surface area contributed by atoms with Gasteiger partial charge in [-0.3, -0.25) is 4.79 Å². The molecule has 0 radical (unpaired) electrons. The molecule has 0 aliphatic carbocycles. The van der Waals surface area contributed by atoms with E-state index in [0.29, 0.717) is 13.1 Å². The van der Waals surface area contributed by atoms with Crippen LogP contribution in [0.1, 0.15) is 26.7 Å². The van der Waals surface area contributed by atoms with Crippen molar-refractivity contribution in [2.45, 2.75) is 32.2 Å². The SMILES string of the molecule is CCCC(C)(N)C(=O)N1CCN(c2nc3ccccc3s2)CC1.Cl. The van der Waals surface area contributed by atoms with Gasteiger partial charge in [-0.2, -0.15) is 0 Å². The molecule has 5 nitrogen and oxygen atoms in total. The smallest absolute Gasteiger partial charge is 0.242 e. The van der Waals surface area contributed by atoms with Crippen molar-refractivity contribution in [1.82, 2.24) is 9.88 Å². The number of para-hydroxylation sites is 1. The number of thiazole rings is 1. The first-order valence-corrected chi connectivity index (χ1v) is 9.01. The van der Waals surface area contributed by atoms with Gasteiger partial charge in [0.1, 0.15) is 0 Å². The molecule has 0 spiro atoms. The van der Waals surface area contributed by atoms with Gasteiger partial charge in [0.25, 0.3) is 0 Å². The van der Waals surface area contributed by atoms with Gasteiger partial charge in [0, 0.05) is 26.2 Å². The molecule has 7 heteroatoms. The van der Waals surface area contributed by atoms with E-state index < -0.39 is 5.54 Å². The van der Waals surface area contributed by atoms with E-state index in [2.05, 4.69) is 17.9 Å². The lowest BCUT2D eigenvalue weighted by Crippen LogP contribution is -2.58. The highest BCUT2D eigenvalue weighted by atomic mass is 35.5. The van der Waals surface area contributed by atoms with Gasteiger partial charge in [-0.1, -0.05) is 36.8 Å². The van der Waals surface area contributed by atoms with E-state index in [0.717, 1.165) is 36.6 Å². The maximum atomic E-state index is 12.6. The van der Waals surface area contributed by atoms with Crippen molar-refractivity contribution in [3.63, 3.8) is 0 Å². The molecule has 1 aromatic heterocycles. The van der Waals surface area contributed by atoms with Gasteiger partial charge >= 0.3 is 0 Å². The van der Waals surface area contributed by atoms with Crippen LogP contribution in [0.5, 0.6) is 0 Å². The zero-order valence-electron chi connectivity index (χ0n) is 14.2. The Morgan fingerprint density at radius 1 is 1.29 bits per heavy atom. The van der Waals surface area contributed by atoms with E-state index in [1.165, 1.54) is 4.70 Å². The Kier molecular flexibility index (Phi) is 6.06. The molecular weight excluding hydrogens is 344 g/mol. The second-order valence-corrected chi connectivity index (χ2v) is 7.42. The fourth-order valence-electron chi connectivity index (χ4n) is 3.08. The van der Waals surface area contributed by atoms with Crippen molar-refractivity contribution in [3.05, 3.63) is 24.3 Å². The molecule has 1 aromatic carbocycles. The van der Waals surface area contributed by atoms with Crippen LogP contribution in [0.3, 0.4) is 0 Å². The maximum Gasteiger partial charge on any atom is 0.242 e. The molecule has 2 N–H and O–H groups in total. The Morgan fingerprint density at radius 3 is 2.58 bits per heavy atom. The van der Waals surface area contributed by atoms with Gasteiger partial charge in [0.2, 0.25) is 5.91 Å². The molecule has 1 aliphatic rings. The highest BCUT2D eigenvalue weighted by molar-refractivity contribution is 7.22. The second kappa shape index (κ2) is 7.68. The summed E-state index contributed by atoms with van der Waals surface area (Å²) >= 11 is 1.71. The van der Waals surface area contributed by atoms with Gasteiger partial charge in [0.15, 0.2) is 5.13 Å². The zero-order valence-corrected chi connectivity index (χ0v) is 15.8. The largest absolute Gasteiger partial charge is 0.345 e. The summed E-state index contributed by atoms with van der Waals surface area (Å²) in [6.07, 6.45) is 1.65. The van der Waals surface area contributed by atoms with Crippen molar-refractivity contribution in [1.29, 1.82) is 0 Å². The Hall–Kier alpha value is -1.37. The second-order valence-electron chi connectivity index (χ2n) is 6.41. The van der Waals surface area contributed by atoms with Crippen molar-refractivity contribution in [2.75, 3.05) is 31.1 Å². The van der Waals surface area contributed by atoms with E-state index in [9.17, 15) is 4.79 Å². The monoisotopic (exact) mass is 368 g/mol. The number of nitrogens with two attached hydrogens (primary N) is 1. The molecule has 2 heterocycles. The zero-order chi connectivity index (χ0) is 16.4. The number of benzene rings is 1. The minimum Gasteiger partial charge on any atom is -0.345 e. The lowest BCUT2D eigenvalue weighted by atomic mass is 9.95. The lowest BCUT2D eigenvalue weighted by molar-refractivity contribution is -0.137. The quantitative estimate of drug-likeness (QED) is 0.901. The molecule has 1 fully saturated rings. The van der Waals surface area contributed by atoms with E-state index in [1.54, 1.807) is 11.3 Å². The number of piperazine rings is 1. The molecule has 0 bridgehead atoms. The van der Waals surface area contributed by atoms with Crippen LogP contribution in [0.25, 0.3) is 10.2 Å². The number of anilines is 1. The van der Waals surface area contributed by atoms with Crippen molar-refractivity contribution in [3.8, 4) is 0 Å². The summed E-state index contributed by atoms with van der Waals surface area (Å²) in [5.41, 5.74) is 6.48. The molecule has 0 saturated carbocycles. The number of rotatable bonds is 4. The Bertz CT molecular complexity index is 662. The number of hydrogen-bond donors (Lipinski definition) is 1. The number of halogens is 1. The number of carbonyl (C=O) groups excluding carboxylic acids is 1. The highest BCUT2D eigenvalue weighted by Gasteiger charge is 2.33. The third kappa shape index (κ3) is 3.82. The summed E-state index contributed by atoms with van der Waals surface area (Å²) in [4.78, 5) is 21.4. The normalized spacial score (nSPS) is 17.5. The Morgan fingerprint density at radius 2 is 1.96 bits per heavy atom. The van der Waals surface area contributed by atoms with E-state index in [1.807, 2.05) is 30.0 Å². The molecule has 24 heavy (non-hydrogen) atoms. The molecule has 2 aromatic rings. The van der Waals surface area contributed by atoms with Crippen LogP contribution in [-0.4, -0.2) is 47.5 Å². The molecule has 1 aliphatic heterocycles. The lowest BCUT2D eigenvalue weighted by Gasteiger charge is -2.38. The molecule has 132 valence electrons. The van der Waals surface area contributed by atoms with Crippen molar-refractivity contribution in [2.24, 2.45) is 5.73 Å². The molecule has 1 unspecified atom stereocenters. The van der Waals surface area contributed by atoms with E-state index in [-0.39, 0.29) is 18.3 Å². The van der Waals surface area contributed by atoms with Crippen LogP contribution < -0.4 is 10.6 Å². The van der Waals surface area contributed by atoms with Crippen LogP contribution in [0.15, 0.2) is 24.3 Å².